The van der Waals surface area contributed by atoms with E-state index in [1.807, 2.05) is 39.8 Å². The van der Waals surface area contributed by atoms with Crippen LogP contribution in [0.5, 0.6) is 11.5 Å². The van der Waals surface area contributed by atoms with E-state index in [1.165, 1.54) is 17.0 Å². The van der Waals surface area contributed by atoms with Crippen molar-refractivity contribution in [1.82, 2.24) is 4.90 Å². The first kappa shape index (κ1) is 27.9. The van der Waals surface area contributed by atoms with Gasteiger partial charge in [0, 0.05) is 12.1 Å². The molecule has 1 atom stereocenters. The summed E-state index contributed by atoms with van der Waals surface area (Å²) < 4.78 is 24.8. The molecule has 1 saturated heterocycles. The predicted molar refractivity (Wildman–Crippen MR) is 148 cm³/mol. The maximum Gasteiger partial charge on any atom is 0.295 e. The third-order valence-corrected chi connectivity index (χ3v) is 6.77. The van der Waals surface area contributed by atoms with Crippen molar-refractivity contribution in [1.29, 1.82) is 0 Å². The molecule has 1 aliphatic rings. The largest absolute Gasteiger partial charge is 0.507 e. The lowest BCUT2D eigenvalue weighted by Gasteiger charge is -2.26. The molecule has 6 nitrogen and oxygen atoms in total. The van der Waals surface area contributed by atoms with Crippen LogP contribution in [0.3, 0.4) is 0 Å². The summed E-state index contributed by atoms with van der Waals surface area (Å²) in [5.74, 6) is -0.671. The first-order valence-corrected chi connectivity index (χ1v) is 13.1. The highest BCUT2D eigenvalue weighted by atomic mass is 19.1. The minimum atomic E-state index is -0.828. The maximum absolute atomic E-state index is 13.5. The van der Waals surface area contributed by atoms with Gasteiger partial charge in [-0.2, -0.15) is 0 Å². The van der Waals surface area contributed by atoms with E-state index in [0.717, 1.165) is 11.1 Å². The Kier molecular flexibility index (Phi) is 8.38. The molecule has 1 fully saturated rings. The Morgan fingerprint density at radius 2 is 1.72 bits per heavy atom. The smallest absolute Gasteiger partial charge is 0.295 e. The van der Waals surface area contributed by atoms with Crippen molar-refractivity contribution in [3.8, 4) is 11.5 Å². The zero-order chi connectivity index (χ0) is 28.3. The second-order valence-corrected chi connectivity index (χ2v) is 10.2. The summed E-state index contributed by atoms with van der Waals surface area (Å²) in [6, 6.07) is 17.7. The Balaban J connectivity index is 1.82. The Hall–Kier alpha value is -4.13. The van der Waals surface area contributed by atoms with Crippen LogP contribution in [-0.4, -0.2) is 41.5 Å². The molecule has 0 bridgehead atoms. The molecule has 0 radical (unpaired) electrons. The molecule has 0 saturated carbocycles. The molecule has 7 heteroatoms. The number of methoxy groups -OCH3 is 1. The van der Waals surface area contributed by atoms with Crippen LogP contribution in [0, 0.1) is 5.82 Å². The van der Waals surface area contributed by atoms with Crippen molar-refractivity contribution < 1.29 is 28.6 Å². The second kappa shape index (κ2) is 11.7. The van der Waals surface area contributed by atoms with Crippen molar-refractivity contribution in [2.24, 2.45) is 0 Å². The molecule has 1 heterocycles. The summed E-state index contributed by atoms with van der Waals surface area (Å²) in [6.07, 6.45) is 0.338. The number of carbonyl (C=O) groups excluding carboxylic acids is 2. The van der Waals surface area contributed by atoms with Gasteiger partial charge in [0.05, 0.1) is 24.8 Å². The quantitative estimate of drug-likeness (QED) is 0.196. The summed E-state index contributed by atoms with van der Waals surface area (Å²) in [4.78, 5) is 28.3. The summed E-state index contributed by atoms with van der Waals surface area (Å²) in [7, 11) is 1.58. The second-order valence-electron chi connectivity index (χ2n) is 10.2. The lowest BCUT2D eigenvalue weighted by atomic mass is 9.93. The molecule has 204 valence electrons. The summed E-state index contributed by atoms with van der Waals surface area (Å²) in [5.41, 5.74) is 2.78. The fourth-order valence-corrected chi connectivity index (χ4v) is 4.88. The maximum atomic E-state index is 13.5. The van der Waals surface area contributed by atoms with Crippen molar-refractivity contribution in [3.05, 3.63) is 100 Å². The van der Waals surface area contributed by atoms with E-state index in [1.54, 1.807) is 49.6 Å². The SMILES string of the molecule is COc1ccc(/C(O)=C2\C(=O)C(=O)N(CCc3ccc(F)cc3)C2c2cccc(OC(C)C)c2)cc1C(C)C. The molecule has 3 aromatic carbocycles. The number of rotatable bonds is 9. The van der Waals surface area contributed by atoms with Crippen LogP contribution in [0.1, 0.15) is 61.9 Å². The summed E-state index contributed by atoms with van der Waals surface area (Å²) in [6.45, 7) is 8.05. The fourth-order valence-electron chi connectivity index (χ4n) is 4.88. The van der Waals surface area contributed by atoms with Gasteiger partial charge in [0.15, 0.2) is 0 Å². The summed E-state index contributed by atoms with van der Waals surface area (Å²) in [5, 5.41) is 11.5. The molecular weight excluding hydrogens is 497 g/mol. The molecule has 0 aromatic heterocycles. The number of aliphatic hydroxyl groups is 1. The minimum absolute atomic E-state index is 0.0145. The number of aliphatic hydroxyl groups excluding tert-OH is 1. The van der Waals surface area contributed by atoms with Crippen LogP contribution in [0.4, 0.5) is 4.39 Å². The third-order valence-electron chi connectivity index (χ3n) is 6.77. The zero-order valence-electron chi connectivity index (χ0n) is 22.9. The van der Waals surface area contributed by atoms with Crippen LogP contribution in [0.25, 0.3) is 5.76 Å². The fraction of sp³-hybridized carbons (Fsp3) is 0.312. The minimum Gasteiger partial charge on any atom is -0.507 e. The topological polar surface area (TPSA) is 76.1 Å². The van der Waals surface area contributed by atoms with Crippen molar-refractivity contribution in [2.45, 2.75) is 52.2 Å². The van der Waals surface area contributed by atoms with Gasteiger partial charge >= 0.3 is 0 Å². The van der Waals surface area contributed by atoms with E-state index in [0.29, 0.717) is 29.0 Å². The molecule has 0 aliphatic carbocycles. The van der Waals surface area contributed by atoms with Crippen molar-refractivity contribution in [3.63, 3.8) is 0 Å². The number of hydrogen-bond donors (Lipinski definition) is 1. The zero-order valence-corrected chi connectivity index (χ0v) is 22.9. The average molecular weight is 532 g/mol. The number of Topliss-reactive ketones (excluding diaryl/α,β-unsaturated/α-hetero) is 1. The van der Waals surface area contributed by atoms with Crippen LogP contribution in [0.2, 0.25) is 0 Å². The molecule has 1 N–H and O–H groups in total. The van der Waals surface area contributed by atoms with E-state index < -0.39 is 17.7 Å². The Morgan fingerprint density at radius 1 is 1.00 bits per heavy atom. The number of nitrogens with zero attached hydrogens (tertiary/aromatic N) is 1. The van der Waals surface area contributed by atoms with Crippen LogP contribution >= 0.6 is 0 Å². The van der Waals surface area contributed by atoms with Crippen molar-refractivity contribution >= 4 is 17.4 Å². The number of ketones is 1. The van der Waals surface area contributed by atoms with Gasteiger partial charge in [0.1, 0.15) is 23.1 Å². The highest BCUT2D eigenvalue weighted by Gasteiger charge is 2.46. The highest BCUT2D eigenvalue weighted by molar-refractivity contribution is 6.46. The molecule has 39 heavy (non-hydrogen) atoms. The van der Waals surface area contributed by atoms with Gasteiger partial charge in [0.2, 0.25) is 0 Å². The number of carbonyl (C=O) groups is 2. The number of hydrogen-bond acceptors (Lipinski definition) is 5. The van der Waals surface area contributed by atoms with Gasteiger partial charge < -0.3 is 19.5 Å². The van der Waals surface area contributed by atoms with Gasteiger partial charge in [-0.15, -0.1) is 0 Å². The van der Waals surface area contributed by atoms with E-state index in [9.17, 15) is 19.1 Å². The van der Waals surface area contributed by atoms with Gasteiger partial charge in [-0.1, -0.05) is 38.1 Å². The lowest BCUT2D eigenvalue weighted by molar-refractivity contribution is -0.139. The van der Waals surface area contributed by atoms with Crippen LogP contribution in [0.15, 0.2) is 72.3 Å². The van der Waals surface area contributed by atoms with Gasteiger partial charge in [0.25, 0.3) is 11.7 Å². The van der Waals surface area contributed by atoms with Crippen molar-refractivity contribution in [2.75, 3.05) is 13.7 Å². The number of likely N-dealkylation sites (tertiary alicyclic amines) is 1. The van der Waals surface area contributed by atoms with Gasteiger partial charge in [-0.25, -0.2) is 4.39 Å². The Bertz CT molecular complexity index is 1390. The number of benzene rings is 3. The standard InChI is InChI=1S/C32H34FNO5/c1-19(2)26-18-23(11-14-27(26)38-5)30(35)28-29(22-7-6-8-25(17-22)39-20(3)4)34(32(37)31(28)36)16-15-21-9-12-24(33)13-10-21/h6-14,17-20,29,35H,15-16H2,1-5H3/b30-28+. The molecular formula is C32H34FNO5. The van der Waals surface area contributed by atoms with Gasteiger partial charge in [-0.3, -0.25) is 9.59 Å². The number of halogens is 1. The van der Waals surface area contributed by atoms with E-state index in [4.69, 9.17) is 9.47 Å². The Labute approximate surface area is 228 Å². The lowest BCUT2D eigenvalue weighted by Crippen LogP contribution is -2.31. The number of ether oxygens (including phenoxy) is 2. The third kappa shape index (κ3) is 5.98. The van der Waals surface area contributed by atoms with E-state index >= 15 is 0 Å². The molecule has 1 unspecified atom stereocenters. The molecule has 1 amide bonds. The van der Waals surface area contributed by atoms with Crippen LogP contribution < -0.4 is 9.47 Å². The first-order chi connectivity index (χ1) is 18.6. The first-order valence-electron chi connectivity index (χ1n) is 13.1. The van der Waals surface area contributed by atoms with E-state index in [2.05, 4.69) is 0 Å². The average Bonchev–Trinajstić information content (AvgIpc) is 3.16. The van der Waals surface area contributed by atoms with E-state index in [-0.39, 0.29) is 35.7 Å². The summed E-state index contributed by atoms with van der Waals surface area (Å²) >= 11 is 0. The monoisotopic (exact) mass is 531 g/mol. The number of amides is 1. The van der Waals surface area contributed by atoms with Crippen LogP contribution in [-0.2, 0) is 16.0 Å². The molecule has 1 aliphatic heterocycles. The highest BCUT2D eigenvalue weighted by Crippen LogP contribution is 2.41. The molecule has 0 spiro atoms. The molecule has 3 aromatic rings. The predicted octanol–water partition coefficient (Wildman–Crippen LogP) is 6.41. The Morgan fingerprint density at radius 3 is 2.36 bits per heavy atom. The molecule has 4 rings (SSSR count). The van der Waals surface area contributed by atoms with Gasteiger partial charge in [-0.05, 0) is 85.3 Å². The normalized spacial score (nSPS) is 16.8.